The molecule has 1 aliphatic carbocycles. The van der Waals surface area contributed by atoms with Crippen LogP contribution in [0.15, 0.2) is 66.0 Å². The molecule has 164 valence electrons. The lowest BCUT2D eigenvalue weighted by Crippen LogP contribution is -2.50. The number of fused-ring (bicyclic) bond motifs is 1. The molecule has 0 unspecified atom stereocenters. The van der Waals surface area contributed by atoms with E-state index in [1.165, 1.54) is 12.1 Å². The van der Waals surface area contributed by atoms with Gasteiger partial charge < -0.3 is 10.2 Å². The van der Waals surface area contributed by atoms with E-state index in [-0.39, 0.29) is 29.7 Å². The Kier molecular flexibility index (Phi) is 5.79. The van der Waals surface area contributed by atoms with Gasteiger partial charge in [-0.3, -0.25) is 9.59 Å². The third-order valence-corrected chi connectivity index (χ3v) is 7.53. The van der Waals surface area contributed by atoms with Crippen molar-refractivity contribution in [1.29, 1.82) is 0 Å². The van der Waals surface area contributed by atoms with Crippen LogP contribution < -0.4 is 5.32 Å². The zero-order valence-corrected chi connectivity index (χ0v) is 18.5. The van der Waals surface area contributed by atoms with Crippen LogP contribution in [0.2, 0.25) is 0 Å². The smallest absolute Gasteiger partial charge is 0.254 e. The van der Waals surface area contributed by atoms with Crippen molar-refractivity contribution < 1.29 is 14.0 Å². The first kappa shape index (κ1) is 20.9. The Hall–Kier alpha value is -2.99. The Morgan fingerprint density at radius 3 is 2.50 bits per heavy atom. The predicted octanol–water partition coefficient (Wildman–Crippen LogP) is 5.43. The van der Waals surface area contributed by atoms with Crippen molar-refractivity contribution in [3.8, 4) is 0 Å². The minimum absolute atomic E-state index is 0.0217. The largest absolute Gasteiger partial charge is 0.351 e. The first-order chi connectivity index (χ1) is 15.6. The number of nitrogens with one attached hydrogen (secondary N) is 1. The summed E-state index contributed by atoms with van der Waals surface area (Å²) in [5, 5.41) is 5.05. The van der Waals surface area contributed by atoms with E-state index in [0.29, 0.717) is 12.1 Å². The van der Waals surface area contributed by atoms with Gasteiger partial charge in [-0.25, -0.2) is 4.39 Å². The van der Waals surface area contributed by atoms with E-state index in [4.69, 9.17) is 0 Å². The van der Waals surface area contributed by atoms with Gasteiger partial charge in [0.2, 0.25) is 5.91 Å². The summed E-state index contributed by atoms with van der Waals surface area (Å²) in [6, 6.07) is 17.5. The SMILES string of the molecule is O=C(NCc1ccc(F)cc1)[C@H]1c2ccccc2C(=O)N(C2CCCC2)[C@H]1c1cccs1. The molecule has 1 aliphatic heterocycles. The molecule has 1 fully saturated rings. The number of nitrogens with zero attached hydrogens (tertiary/aromatic N) is 1. The maximum Gasteiger partial charge on any atom is 0.254 e. The molecule has 3 aromatic rings. The van der Waals surface area contributed by atoms with Crippen LogP contribution in [0.5, 0.6) is 0 Å². The predicted molar refractivity (Wildman–Crippen MR) is 123 cm³/mol. The van der Waals surface area contributed by atoms with Crippen LogP contribution in [0.1, 0.15) is 64.0 Å². The van der Waals surface area contributed by atoms with E-state index in [2.05, 4.69) is 5.32 Å². The van der Waals surface area contributed by atoms with Crippen molar-refractivity contribution in [2.75, 3.05) is 0 Å². The second-order valence-electron chi connectivity index (χ2n) is 8.52. The van der Waals surface area contributed by atoms with Crippen molar-refractivity contribution >= 4 is 23.2 Å². The topological polar surface area (TPSA) is 49.4 Å². The Morgan fingerprint density at radius 2 is 1.78 bits per heavy atom. The van der Waals surface area contributed by atoms with Crippen molar-refractivity contribution in [3.63, 3.8) is 0 Å². The van der Waals surface area contributed by atoms with Gasteiger partial charge in [-0.05, 0) is 53.6 Å². The average molecular weight is 449 g/mol. The van der Waals surface area contributed by atoms with Gasteiger partial charge in [0.05, 0.1) is 12.0 Å². The Balaban J connectivity index is 1.53. The lowest BCUT2D eigenvalue weighted by atomic mass is 9.80. The summed E-state index contributed by atoms with van der Waals surface area (Å²) in [5.74, 6) is -0.891. The second-order valence-corrected chi connectivity index (χ2v) is 9.50. The molecular formula is C26H25FN2O2S. The van der Waals surface area contributed by atoms with Crippen LogP contribution in [0.25, 0.3) is 0 Å². The minimum atomic E-state index is -0.497. The molecule has 2 heterocycles. The number of carbonyl (C=O) groups excluding carboxylic acids is 2. The molecule has 1 saturated carbocycles. The number of amides is 2. The highest BCUT2D eigenvalue weighted by atomic mass is 32.1. The summed E-state index contributed by atoms with van der Waals surface area (Å²) in [6.07, 6.45) is 4.16. The van der Waals surface area contributed by atoms with Crippen LogP contribution in [-0.2, 0) is 11.3 Å². The third kappa shape index (κ3) is 3.84. The molecule has 6 heteroatoms. The van der Waals surface area contributed by atoms with Crippen molar-refractivity contribution in [1.82, 2.24) is 10.2 Å². The molecule has 1 aromatic heterocycles. The molecule has 2 aliphatic rings. The number of thiophene rings is 1. The zero-order chi connectivity index (χ0) is 22.1. The fourth-order valence-electron chi connectivity index (χ4n) is 5.08. The fraction of sp³-hybridized carbons (Fsp3) is 0.308. The monoisotopic (exact) mass is 448 g/mol. The quantitative estimate of drug-likeness (QED) is 0.566. The average Bonchev–Trinajstić information content (AvgIpc) is 3.53. The number of rotatable bonds is 5. The number of hydrogen-bond acceptors (Lipinski definition) is 3. The molecular weight excluding hydrogens is 423 g/mol. The first-order valence-corrected chi connectivity index (χ1v) is 12.0. The van der Waals surface area contributed by atoms with E-state index in [1.54, 1.807) is 23.5 Å². The van der Waals surface area contributed by atoms with Crippen LogP contribution in [0.4, 0.5) is 4.39 Å². The van der Waals surface area contributed by atoms with Crippen LogP contribution in [0.3, 0.4) is 0 Å². The summed E-state index contributed by atoms with van der Waals surface area (Å²) >= 11 is 1.59. The Morgan fingerprint density at radius 1 is 1.03 bits per heavy atom. The second kappa shape index (κ2) is 8.87. The summed E-state index contributed by atoms with van der Waals surface area (Å²) in [6.45, 7) is 0.312. The van der Waals surface area contributed by atoms with Crippen molar-refractivity contribution in [2.45, 2.75) is 50.2 Å². The molecule has 2 amide bonds. The highest BCUT2D eigenvalue weighted by Gasteiger charge is 2.47. The number of carbonyl (C=O) groups is 2. The van der Waals surface area contributed by atoms with E-state index >= 15 is 0 Å². The van der Waals surface area contributed by atoms with Gasteiger partial charge >= 0.3 is 0 Å². The number of hydrogen-bond donors (Lipinski definition) is 1. The lowest BCUT2D eigenvalue weighted by Gasteiger charge is -2.44. The van der Waals surface area contributed by atoms with Gasteiger partial charge in [0.25, 0.3) is 5.91 Å². The van der Waals surface area contributed by atoms with Crippen molar-refractivity contribution in [2.24, 2.45) is 0 Å². The molecule has 32 heavy (non-hydrogen) atoms. The standard InChI is InChI=1S/C26H25FN2O2S/c27-18-13-11-17(12-14-18)16-28-25(30)23-20-8-3-4-9-21(20)26(31)29(19-6-1-2-7-19)24(23)22-10-5-15-32-22/h3-5,8-15,19,23-24H,1-2,6-7,16H2,(H,28,30)/t23-,24-/m0/s1. The number of halogens is 1. The van der Waals surface area contributed by atoms with E-state index in [1.807, 2.05) is 46.7 Å². The van der Waals surface area contributed by atoms with E-state index in [9.17, 15) is 14.0 Å². The summed E-state index contributed by atoms with van der Waals surface area (Å²) in [7, 11) is 0. The molecule has 1 N–H and O–H groups in total. The van der Waals surface area contributed by atoms with E-state index < -0.39 is 5.92 Å². The molecule has 0 spiro atoms. The van der Waals surface area contributed by atoms with Crippen molar-refractivity contribution in [3.05, 3.63) is 93.4 Å². The molecule has 0 saturated heterocycles. The number of benzene rings is 2. The van der Waals surface area contributed by atoms with E-state index in [0.717, 1.165) is 41.7 Å². The van der Waals surface area contributed by atoms with Gasteiger partial charge in [0, 0.05) is 23.0 Å². The van der Waals surface area contributed by atoms with Gasteiger partial charge in [-0.2, -0.15) is 0 Å². The molecule has 2 aromatic carbocycles. The van der Waals surface area contributed by atoms with Crippen LogP contribution in [-0.4, -0.2) is 22.8 Å². The van der Waals surface area contributed by atoms with Crippen LogP contribution in [0, 0.1) is 5.82 Å². The first-order valence-electron chi connectivity index (χ1n) is 11.1. The molecule has 0 radical (unpaired) electrons. The maximum atomic E-state index is 13.7. The third-order valence-electron chi connectivity index (χ3n) is 6.59. The Bertz CT molecular complexity index is 1110. The highest BCUT2D eigenvalue weighted by molar-refractivity contribution is 7.10. The summed E-state index contributed by atoms with van der Waals surface area (Å²) < 4.78 is 13.3. The lowest BCUT2D eigenvalue weighted by molar-refractivity contribution is -0.124. The fourth-order valence-corrected chi connectivity index (χ4v) is 5.94. The molecule has 4 nitrogen and oxygen atoms in total. The maximum absolute atomic E-state index is 13.7. The van der Waals surface area contributed by atoms with Crippen LogP contribution >= 0.6 is 11.3 Å². The molecule has 2 atom stereocenters. The van der Waals surface area contributed by atoms with Gasteiger partial charge in [-0.15, -0.1) is 11.3 Å². The molecule has 5 rings (SSSR count). The molecule has 0 bridgehead atoms. The Labute approximate surface area is 191 Å². The normalized spacial score (nSPS) is 20.9. The summed E-state index contributed by atoms with van der Waals surface area (Å²) in [4.78, 5) is 30.3. The minimum Gasteiger partial charge on any atom is -0.351 e. The van der Waals surface area contributed by atoms with Gasteiger partial charge in [0.15, 0.2) is 0 Å². The highest BCUT2D eigenvalue weighted by Crippen LogP contribution is 2.47. The summed E-state index contributed by atoms with van der Waals surface area (Å²) in [5.41, 5.74) is 2.23. The zero-order valence-electron chi connectivity index (χ0n) is 17.7. The van der Waals surface area contributed by atoms with Gasteiger partial charge in [0.1, 0.15) is 5.82 Å². The van der Waals surface area contributed by atoms with Gasteiger partial charge in [-0.1, -0.05) is 49.2 Å².